The molecule has 34 heavy (non-hydrogen) atoms. The molecule has 1 N–H and O–H groups in total. The molecule has 0 rings (SSSR count). The number of unbranched alkanes of at least 4 members (excludes halogenated alkanes) is 22. The van der Waals surface area contributed by atoms with E-state index in [0.29, 0.717) is 19.4 Å². The SMILES string of the molecule is CCCCCCCCCCCC(=O)OCCCCCCCCCCCCCCCCCC(=O)O. The van der Waals surface area contributed by atoms with E-state index >= 15 is 0 Å². The van der Waals surface area contributed by atoms with Gasteiger partial charge >= 0.3 is 11.9 Å². The monoisotopic (exact) mass is 482 g/mol. The maximum Gasteiger partial charge on any atom is 0.305 e. The molecular weight excluding hydrogens is 424 g/mol. The van der Waals surface area contributed by atoms with E-state index in [0.717, 1.165) is 25.7 Å². The number of carboxylic acid groups (broad SMARTS) is 1. The van der Waals surface area contributed by atoms with Crippen molar-refractivity contribution in [3.05, 3.63) is 0 Å². The Kier molecular flexibility index (Phi) is 27.3. The summed E-state index contributed by atoms with van der Waals surface area (Å²) in [4.78, 5) is 22.2. The van der Waals surface area contributed by atoms with Crippen molar-refractivity contribution >= 4 is 11.9 Å². The Bertz CT molecular complexity index is 436. The second kappa shape index (κ2) is 28.2. The molecule has 0 amide bonds. The third-order valence-corrected chi connectivity index (χ3v) is 6.78. The molecule has 0 aromatic carbocycles. The summed E-state index contributed by atoms with van der Waals surface area (Å²) >= 11 is 0. The van der Waals surface area contributed by atoms with Crippen LogP contribution in [-0.4, -0.2) is 23.7 Å². The Morgan fingerprint density at radius 3 is 1.18 bits per heavy atom. The van der Waals surface area contributed by atoms with Crippen molar-refractivity contribution in [1.29, 1.82) is 0 Å². The molecule has 4 heteroatoms. The van der Waals surface area contributed by atoms with Gasteiger partial charge in [0.05, 0.1) is 6.61 Å². The fraction of sp³-hybridized carbons (Fsp3) is 0.933. The van der Waals surface area contributed by atoms with E-state index in [-0.39, 0.29) is 5.97 Å². The lowest BCUT2D eigenvalue weighted by Crippen LogP contribution is -2.05. The van der Waals surface area contributed by atoms with Crippen LogP contribution in [0.4, 0.5) is 0 Å². The van der Waals surface area contributed by atoms with Gasteiger partial charge in [-0.05, 0) is 19.3 Å². The molecule has 0 aliphatic heterocycles. The first-order valence-corrected chi connectivity index (χ1v) is 15.0. The summed E-state index contributed by atoms with van der Waals surface area (Å²) in [5, 5.41) is 8.60. The molecule has 202 valence electrons. The minimum atomic E-state index is -0.666. The molecular formula is C30H58O4. The zero-order valence-electron chi connectivity index (χ0n) is 22.8. The fourth-order valence-electron chi connectivity index (χ4n) is 4.51. The minimum absolute atomic E-state index is 0.00105. The van der Waals surface area contributed by atoms with Crippen molar-refractivity contribution in [3.63, 3.8) is 0 Å². The lowest BCUT2D eigenvalue weighted by atomic mass is 10.0. The van der Waals surface area contributed by atoms with Crippen LogP contribution in [-0.2, 0) is 14.3 Å². The van der Waals surface area contributed by atoms with Crippen LogP contribution < -0.4 is 0 Å². The zero-order valence-corrected chi connectivity index (χ0v) is 22.8. The van der Waals surface area contributed by atoms with Gasteiger partial charge in [0, 0.05) is 12.8 Å². The largest absolute Gasteiger partial charge is 0.481 e. The molecule has 0 unspecified atom stereocenters. The highest BCUT2D eigenvalue weighted by Gasteiger charge is 2.02. The number of hydrogen-bond acceptors (Lipinski definition) is 3. The van der Waals surface area contributed by atoms with E-state index in [1.807, 2.05) is 0 Å². The highest BCUT2D eigenvalue weighted by atomic mass is 16.5. The normalized spacial score (nSPS) is 11.1. The number of ether oxygens (including phenoxy) is 1. The quantitative estimate of drug-likeness (QED) is 0.0890. The van der Waals surface area contributed by atoms with Crippen LogP contribution in [0.15, 0.2) is 0 Å². The number of rotatable bonds is 28. The third-order valence-electron chi connectivity index (χ3n) is 6.78. The van der Waals surface area contributed by atoms with Gasteiger partial charge in [-0.3, -0.25) is 9.59 Å². The molecule has 0 bridgehead atoms. The molecule has 0 heterocycles. The second-order valence-electron chi connectivity index (χ2n) is 10.2. The summed E-state index contributed by atoms with van der Waals surface area (Å²) in [5.74, 6) is -0.665. The van der Waals surface area contributed by atoms with Crippen LogP contribution in [0.25, 0.3) is 0 Å². The van der Waals surface area contributed by atoms with Crippen molar-refractivity contribution in [2.24, 2.45) is 0 Å². The number of aliphatic carboxylic acids is 1. The van der Waals surface area contributed by atoms with Crippen molar-refractivity contribution in [1.82, 2.24) is 0 Å². The van der Waals surface area contributed by atoms with E-state index in [2.05, 4.69) is 6.92 Å². The first-order valence-electron chi connectivity index (χ1n) is 15.0. The molecule has 0 atom stereocenters. The Morgan fingerprint density at radius 2 is 0.794 bits per heavy atom. The highest BCUT2D eigenvalue weighted by Crippen LogP contribution is 2.14. The third kappa shape index (κ3) is 29.0. The van der Waals surface area contributed by atoms with Crippen molar-refractivity contribution in [2.45, 2.75) is 174 Å². The van der Waals surface area contributed by atoms with Crippen molar-refractivity contribution in [2.75, 3.05) is 6.61 Å². The minimum Gasteiger partial charge on any atom is -0.481 e. The van der Waals surface area contributed by atoms with Crippen molar-refractivity contribution in [3.8, 4) is 0 Å². The number of carbonyl (C=O) groups is 2. The molecule has 0 aliphatic rings. The summed E-state index contributed by atoms with van der Waals surface area (Å²) in [7, 11) is 0. The molecule has 0 spiro atoms. The molecule has 4 nitrogen and oxygen atoms in total. The van der Waals surface area contributed by atoms with E-state index in [1.165, 1.54) is 128 Å². The molecule has 0 aromatic heterocycles. The summed E-state index contributed by atoms with van der Waals surface area (Å²) in [6.45, 7) is 2.86. The van der Waals surface area contributed by atoms with Gasteiger partial charge < -0.3 is 9.84 Å². The Balaban J connectivity index is 3.14. The summed E-state index contributed by atoms with van der Waals surface area (Å²) in [5.41, 5.74) is 0. The summed E-state index contributed by atoms with van der Waals surface area (Å²) in [6, 6.07) is 0. The maximum atomic E-state index is 11.8. The van der Waals surface area contributed by atoms with Crippen LogP contribution in [0.3, 0.4) is 0 Å². The Labute approximate surface area is 212 Å². The predicted molar refractivity (Wildman–Crippen MR) is 144 cm³/mol. The van der Waals surface area contributed by atoms with Gasteiger partial charge in [-0.1, -0.05) is 142 Å². The summed E-state index contributed by atoms with van der Waals surface area (Å²) < 4.78 is 5.38. The first-order chi connectivity index (χ1) is 16.7. The smallest absolute Gasteiger partial charge is 0.305 e. The Hall–Kier alpha value is -1.06. The number of carbonyl (C=O) groups excluding carboxylic acids is 1. The van der Waals surface area contributed by atoms with Crippen LogP contribution in [0.2, 0.25) is 0 Å². The van der Waals surface area contributed by atoms with Gasteiger partial charge in [0.25, 0.3) is 0 Å². The maximum absolute atomic E-state index is 11.8. The second-order valence-corrected chi connectivity index (χ2v) is 10.2. The predicted octanol–water partition coefficient (Wildman–Crippen LogP) is 9.78. The van der Waals surface area contributed by atoms with Crippen LogP contribution in [0, 0.1) is 0 Å². The molecule has 0 aliphatic carbocycles. The highest BCUT2D eigenvalue weighted by molar-refractivity contribution is 5.69. The number of carboxylic acids is 1. The van der Waals surface area contributed by atoms with Gasteiger partial charge in [0.15, 0.2) is 0 Å². The molecule has 0 fully saturated rings. The standard InChI is InChI=1S/C30H58O4/c1-2-3-4-5-6-14-18-21-24-27-30(33)34-28-25-22-19-16-13-11-9-7-8-10-12-15-17-20-23-26-29(31)32/h2-28H2,1H3,(H,31,32). The lowest BCUT2D eigenvalue weighted by molar-refractivity contribution is -0.144. The van der Waals surface area contributed by atoms with E-state index in [1.54, 1.807) is 0 Å². The topological polar surface area (TPSA) is 63.6 Å². The van der Waals surface area contributed by atoms with E-state index in [9.17, 15) is 9.59 Å². The lowest BCUT2D eigenvalue weighted by Gasteiger charge is -2.06. The molecule has 0 saturated heterocycles. The van der Waals surface area contributed by atoms with Gasteiger partial charge in [-0.15, -0.1) is 0 Å². The number of hydrogen-bond donors (Lipinski definition) is 1. The van der Waals surface area contributed by atoms with E-state index < -0.39 is 5.97 Å². The van der Waals surface area contributed by atoms with Crippen LogP contribution >= 0.6 is 0 Å². The zero-order chi connectivity index (χ0) is 25.0. The Morgan fingerprint density at radius 1 is 0.471 bits per heavy atom. The van der Waals surface area contributed by atoms with E-state index in [4.69, 9.17) is 9.84 Å². The van der Waals surface area contributed by atoms with Gasteiger partial charge in [0.1, 0.15) is 0 Å². The van der Waals surface area contributed by atoms with Gasteiger partial charge in [-0.2, -0.15) is 0 Å². The first kappa shape index (κ1) is 32.9. The fourth-order valence-corrected chi connectivity index (χ4v) is 4.51. The molecule has 0 saturated carbocycles. The number of esters is 1. The average molecular weight is 483 g/mol. The molecule has 0 radical (unpaired) electrons. The summed E-state index contributed by atoms with van der Waals surface area (Å²) in [6.07, 6.45) is 30.9. The van der Waals surface area contributed by atoms with Crippen molar-refractivity contribution < 1.29 is 19.4 Å². The van der Waals surface area contributed by atoms with Gasteiger partial charge in [0.2, 0.25) is 0 Å². The van der Waals surface area contributed by atoms with Gasteiger partial charge in [-0.25, -0.2) is 0 Å². The van der Waals surface area contributed by atoms with Crippen LogP contribution in [0.5, 0.6) is 0 Å². The average Bonchev–Trinajstić information content (AvgIpc) is 2.82. The molecule has 0 aromatic rings. The van der Waals surface area contributed by atoms with Crippen LogP contribution in [0.1, 0.15) is 174 Å².